The number of carbonyl (C=O) groups is 1. The van der Waals surface area contributed by atoms with Crippen molar-refractivity contribution in [1.29, 1.82) is 0 Å². The summed E-state index contributed by atoms with van der Waals surface area (Å²) in [6, 6.07) is 4.60. The lowest BCUT2D eigenvalue weighted by molar-refractivity contribution is 0.0566. The van der Waals surface area contributed by atoms with Gasteiger partial charge in [0, 0.05) is 25.7 Å². The number of amides is 1. The van der Waals surface area contributed by atoms with Gasteiger partial charge in [0.2, 0.25) is 0 Å². The minimum Gasteiger partial charge on any atom is -0.507 e. The van der Waals surface area contributed by atoms with Crippen molar-refractivity contribution in [1.82, 2.24) is 9.80 Å². The van der Waals surface area contributed by atoms with Crippen LogP contribution in [-0.2, 0) is 0 Å². The first kappa shape index (κ1) is 12.7. The van der Waals surface area contributed by atoms with E-state index in [9.17, 15) is 15.0 Å². The minimum atomic E-state index is -0.314. The Morgan fingerprint density at radius 1 is 1.28 bits per heavy atom. The monoisotopic (exact) mass is 250 g/mol. The van der Waals surface area contributed by atoms with E-state index in [-0.39, 0.29) is 29.0 Å². The molecule has 1 aromatic carbocycles. The van der Waals surface area contributed by atoms with Gasteiger partial charge in [-0.2, -0.15) is 0 Å². The SMILES string of the molecule is CC1CN(C(=O)c2c(O)cccc2O)CCN1C. The van der Waals surface area contributed by atoms with Crippen molar-refractivity contribution in [3.63, 3.8) is 0 Å². The Labute approximate surface area is 106 Å². The van der Waals surface area contributed by atoms with Gasteiger partial charge in [-0.05, 0) is 26.1 Å². The van der Waals surface area contributed by atoms with Gasteiger partial charge < -0.3 is 20.0 Å². The number of phenols is 2. The van der Waals surface area contributed by atoms with Crippen molar-refractivity contribution >= 4 is 5.91 Å². The molecule has 1 aliphatic rings. The molecule has 1 heterocycles. The number of likely N-dealkylation sites (N-methyl/N-ethyl adjacent to an activating group) is 1. The molecule has 0 bridgehead atoms. The molecule has 5 heteroatoms. The molecule has 2 rings (SSSR count). The molecule has 0 aromatic heterocycles. The number of hydrogen-bond donors (Lipinski definition) is 2. The second-order valence-corrected chi connectivity index (χ2v) is 4.75. The zero-order valence-corrected chi connectivity index (χ0v) is 10.6. The number of benzene rings is 1. The maximum atomic E-state index is 12.3. The predicted molar refractivity (Wildman–Crippen MR) is 67.8 cm³/mol. The highest BCUT2D eigenvalue weighted by Crippen LogP contribution is 2.28. The molecular weight excluding hydrogens is 232 g/mol. The Bertz CT molecular complexity index is 441. The van der Waals surface area contributed by atoms with E-state index < -0.39 is 0 Å². The number of carbonyl (C=O) groups excluding carboxylic acids is 1. The van der Waals surface area contributed by atoms with Crippen LogP contribution in [0.15, 0.2) is 18.2 Å². The highest BCUT2D eigenvalue weighted by Gasteiger charge is 2.28. The average Bonchev–Trinajstić information content (AvgIpc) is 2.32. The largest absolute Gasteiger partial charge is 0.507 e. The van der Waals surface area contributed by atoms with Crippen molar-refractivity contribution in [2.24, 2.45) is 0 Å². The highest BCUT2D eigenvalue weighted by atomic mass is 16.3. The molecular formula is C13H18N2O3. The van der Waals surface area contributed by atoms with Gasteiger partial charge in [0.15, 0.2) is 0 Å². The quantitative estimate of drug-likeness (QED) is 0.776. The first-order valence-electron chi connectivity index (χ1n) is 6.01. The second kappa shape index (κ2) is 4.86. The first-order valence-corrected chi connectivity index (χ1v) is 6.01. The first-order chi connectivity index (χ1) is 8.50. The molecule has 0 aliphatic carbocycles. The van der Waals surface area contributed by atoms with Gasteiger partial charge in [-0.15, -0.1) is 0 Å². The van der Waals surface area contributed by atoms with Crippen LogP contribution in [0.4, 0.5) is 0 Å². The van der Waals surface area contributed by atoms with E-state index in [4.69, 9.17) is 0 Å². The predicted octanol–water partition coefficient (Wildman–Crippen LogP) is 0.874. The Hall–Kier alpha value is -1.75. The molecule has 1 aromatic rings. The van der Waals surface area contributed by atoms with Crippen molar-refractivity contribution in [3.8, 4) is 11.5 Å². The third-order valence-electron chi connectivity index (χ3n) is 3.48. The fraction of sp³-hybridized carbons (Fsp3) is 0.462. The lowest BCUT2D eigenvalue weighted by Crippen LogP contribution is -2.52. The van der Waals surface area contributed by atoms with E-state index in [1.165, 1.54) is 18.2 Å². The van der Waals surface area contributed by atoms with E-state index >= 15 is 0 Å². The Balaban J connectivity index is 2.22. The van der Waals surface area contributed by atoms with Crippen LogP contribution < -0.4 is 0 Å². The molecule has 5 nitrogen and oxygen atoms in total. The third-order valence-corrected chi connectivity index (χ3v) is 3.48. The fourth-order valence-corrected chi connectivity index (χ4v) is 2.14. The van der Waals surface area contributed by atoms with E-state index in [1.807, 2.05) is 14.0 Å². The van der Waals surface area contributed by atoms with Crippen LogP contribution in [0.25, 0.3) is 0 Å². The van der Waals surface area contributed by atoms with Crippen LogP contribution in [0.5, 0.6) is 11.5 Å². The average molecular weight is 250 g/mol. The maximum absolute atomic E-state index is 12.3. The molecule has 0 radical (unpaired) electrons. The van der Waals surface area contributed by atoms with E-state index in [0.717, 1.165) is 6.54 Å². The topological polar surface area (TPSA) is 64.0 Å². The van der Waals surface area contributed by atoms with Crippen LogP contribution in [0.2, 0.25) is 0 Å². The zero-order chi connectivity index (χ0) is 13.3. The Morgan fingerprint density at radius 3 is 2.44 bits per heavy atom. The molecule has 1 fully saturated rings. The Kier molecular flexibility index (Phi) is 3.43. The number of hydrogen-bond acceptors (Lipinski definition) is 4. The lowest BCUT2D eigenvalue weighted by atomic mass is 10.1. The third kappa shape index (κ3) is 2.26. The van der Waals surface area contributed by atoms with Gasteiger partial charge in [0.1, 0.15) is 17.1 Å². The summed E-state index contributed by atoms with van der Waals surface area (Å²) in [6.45, 7) is 4.04. The van der Waals surface area contributed by atoms with Crippen molar-refractivity contribution in [2.75, 3.05) is 26.7 Å². The summed E-state index contributed by atoms with van der Waals surface area (Å²) in [5.41, 5.74) is -0.00532. The van der Waals surface area contributed by atoms with Crippen molar-refractivity contribution in [2.45, 2.75) is 13.0 Å². The van der Waals surface area contributed by atoms with Gasteiger partial charge in [0.05, 0.1) is 0 Å². The number of nitrogens with zero attached hydrogens (tertiary/aromatic N) is 2. The Morgan fingerprint density at radius 2 is 1.89 bits per heavy atom. The number of piperazine rings is 1. The highest BCUT2D eigenvalue weighted by molar-refractivity contribution is 5.99. The minimum absolute atomic E-state index is 0.00532. The van der Waals surface area contributed by atoms with Crippen molar-refractivity contribution < 1.29 is 15.0 Å². The van der Waals surface area contributed by atoms with Crippen LogP contribution in [-0.4, -0.2) is 58.6 Å². The lowest BCUT2D eigenvalue weighted by Gasteiger charge is -2.37. The van der Waals surface area contributed by atoms with Gasteiger partial charge in [-0.25, -0.2) is 0 Å². The van der Waals surface area contributed by atoms with Crippen LogP contribution in [0.3, 0.4) is 0 Å². The molecule has 1 saturated heterocycles. The van der Waals surface area contributed by atoms with E-state index in [0.29, 0.717) is 13.1 Å². The van der Waals surface area contributed by atoms with Crippen molar-refractivity contribution in [3.05, 3.63) is 23.8 Å². The molecule has 1 atom stereocenters. The smallest absolute Gasteiger partial charge is 0.261 e. The van der Waals surface area contributed by atoms with Crippen LogP contribution in [0, 0.1) is 0 Å². The molecule has 1 amide bonds. The van der Waals surface area contributed by atoms with Crippen LogP contribution in [0.1, 0.15) is 17.3 Å². The summed E-state index contributed by atoms with van der Waals surface area (Å²) in [4.78, 5) is 16.1. The standard InChI is InChI=1S/C13H18N2O3/c1-9-8-15(7-6-14(9)2)13(18)12-10(16)4-3-5-11(12)17/h3-5,9,16-17H,6-8H2,1-2H3. The molecule has 1 unspecified atom stereocenters. The summed E-state index contributed by atoms with van der Waals surface area (Å²) in [5.74, 6) is -0.663. The summed E-state index contributed by atoms with van der Waals surface area (Å²) in [7, 11) is 2.02. The summed E-state index contributed by atoms with van der Waals surface area (Å²) in [6.07, 6.45) is 0. The number of phenolic OH excluding ortho intramolecular Hbond substituents is 2. The maximum Gasteiger partial charge on any atom is 0.261 e. The van der Waals surface area contributed by atoms with Gasteiger partial charge in [-0.3, -0.25) is 4.79 Å². The summed E-state index contributed by atoms with van der Waals surface area (Å²) >= 11 is 0. The van der Waals surface area contributed by atoms with Gasteiger partial charge in [0.25, 0.3) is 5.91 Å². The fourth-order valence-electron chi connectivity index (χ4n) is 2.14. The molecule has 18 heavy (non-hydrogen) atoms. The number of aromatic hydroxyl groups is 2. The molecule has 98 valence electrons. The summed E-state index contributed by atoms with van der Waals surface area (Å²) < 4.78 is 0. The molecule has 0 saturated carbocycles. The van der Waals surface area contributed by atoms with Gasteiger partial charge in [-0.1, -0.05) is 6.07 Å². The second-order valence-electron chi connectivity index (χ2n) is 4.75. The van der Waals surface area contributed by atoms with E-state index in [2.05, 4.69) is 4.90 Å². The zero-order valence-electron chi connectivity index (χ0n) is 10.6. The molecule has 2 N–H and O–H groups in total. The normalized spacial score (nSPS) is 21.0. The van der Waals surface area contributed by atoms with Crippen LogP contribution >= 0.6 is 0 Å². The van der Waals surface area contributed by atoms with E-state index in [1.54, 1.807) is 4.90 Å². The van der Waals surface area contributed by atoms with Gasteiger partial charge >= 0.3 is 0 Å². The molecule has 0 spiro atoms. The number of rotatable bonds is 1. The summed E-state index contributed by atoms with van der Waals surface area (Å²) in [5, 5.41) is 19.4. The molecule has 1 aliphatic heterocycles.